The Balaban J connectivity index is 1.56. The summed E-state index contributed by atoms with van der Waals surface area (Å²) in [6.45, 7) is 1.32. The summed E-state index contributed by atoms with van der Waals surface area (Å²) < 4.78 is 39.8. The van der Waals surface area contributed by atoms with Crippen LogP contribution in [-0.2, 0) is 14.8 Å². The van der Waals surface area contributed by atoms with E-state index in [1.54, 1.807) is 4.90 Å². The van der Waals surface area contributed by atoms with Crippen LogP contribution in [0.3, 0.4) is 0 Å². The largest absolute Gasteiger partial charge is 0.340 e. The van der Waals surface area contributed by atoms with Crippen molar-refractivity contribution in [3.63, 3.8) is 0 Å². The van der Waals surface area contributed by atoms with Gasteiger partial charge in [-0.1, -0.05) is 25.3 Å². The molecular weight excluding hydrogens is 343 g/mol. The van der Waals surface area contributed by atoms with Crippen LogP contribution in [0.1, 0.15) is 38.5 Å². The second-order valence-electron chi connectivity index (χ2n) is 6.95. The first kappa shape index (κ1) is 18.3. The zero-order valence-electron chi connectivity index (χ0n) is 14.4. The molecule has 2 fully saturated rings. The summed E-state index contributed by atoms with van der Waals surface area (Å²) in [5.41, 5.74) is 0. The Kier molecular flexibility index (Phi) is 5.74. The van der Waals surface area contributed by atoms with Gasteiger partial charge < -0.3 is 4.90 Å². The standard InChI is InChI=1S/C18H25FN2O3S/c19-16-7-4-8-17(14-16)25(23,24)21-11-9-20(10-12-21)18(22)13-15-5-2-1-3-6-15/h4,7-8,14-15H,1-3,5-6,9-13H2. The van der Waals surface area contributed by atoms with Crippen molar-refractivity contribution in [1.29, 1.82) is 0 Å². The summed E-state index contributed by atoms with van der Waals surface area (Å²) >= 11 is 0. The Hall–Kier alpha value is -1.47. The number of hydrogen-bond acceptors (Lipinski definition) is 3. The van der Waals surface area contributed by atoms with Gasteiger partial charge in [0.25, 0.3) is 0 Å². The third-order valence-corrected chi connectivity index (χ3v) is 7.11. The van der Waals surface area contributed by atoms with E-state index in [2.05, 4.69) is 0 Å². The number of amides is 1. The molecule has 0 atom stereocenters. The molecule has 3 rings (SSSR count). The van der Waals surface area contributed by atoms with Gasteiger partial charge in [0.1, 0.15) is 5.82 Å². The molecule has 0 unspecified atom stereocenters. The van der Waals surface area contributed by atoms with Gasteiger partial charge in [-0.25, -0.2) is 12.8 Å². The predicted octanol–water partition coefficient (Wildman–Crippen LogP) is 2.63. The van der Waals surface area contributed by atoms with Gasteiger partial charge in [-0.2, -0.15) is 4.31 Å². The molecule has 1 aromatic rings. The molecule has 0 N–H and O–H groups in total. The molecule has 1 aliphatic heterocycles. The number of nitrogens with zero attached hydrogens (tertiary/aromatic N) is 2. The number of benzene rings is 1. The fourth-order valence-electron chi connectivity index (χ4n) is 3.72. The third-order valence-electron chi connectivity index (χ3n) is 5.21. The highest BCUT2D eigenvalue weighted by atomic mass is 32.2. The predicted molar refractivity (Wildman–Crippen MR) is 92.9 cm³/mol. The quantitative estimate of drug-likeness (QED) is 0.821. The molecule has 1 heterocycles. The molecule has 138 valence electrons. The fraction of sp³-hybridized carbons (Fsp3) is 0.611. The van der Waals surface area contributed by atoms with Gasteiger partial charge in [-0.3, -0.25) is 4.79 Å². The lowest BCUT2D eigenvalue weighted by molar-refractivity contribution is -0.133. The molecule has 1 saturated heterocycles. The van der Waals surface area contributed by atoms with Crippen molar-refractivity contribution in [3.05, 3.63) is 30.1 Å². The van der Waals surface area contributed by atoms with Gasteiger partial charge in [0, 0.05) is 32.6 Å². The average molecular weight is 368 g/mol. The molecule has 1 saturated carbocycles. The molecule has 1 amide bonds. The summed E-state index contributed by atoms with van der Waals surface area (Å²) in [5.74, 6) is 0.0485. The van der Waals surface area contributed by atoms with Crippen LogP contribution in [0.4, 0.5) is 4.39 Å². The van der Waals surface area contributed by atoms with E-state index in [0.29, 0.717) is 25.4 Å². The smallest absolute Gasteiger partial charge is 0.243 e. The number of piperazine rings is 1. The highest BCUT2D eigenvalue weighted by Crippen LogP contribution is 2.27. The third kappa shape index (κ3) is 4.39. The number of carbonyl (C=O) groups excluding carboxylic acids is 1. The highest BCUT2D eigenvalue weighted by molar-refractivity contribution is 7.89. The maximum absolute atomic E-state index is 13.3. The van der Waals surface area contributed by atoms with Crippen LogP contribution < -0.4 is 0 Å². The highest BCUT2D eigenvalue weighted by Gasteiger charge is 2.31. The molecule has 7 heteroatoms. The van der Waals surface area contributed by atoms with E-state index in [1.807, 2.05) is 0 Å². The van der Waals surface area contributed by atoms with Crippen molar-refractivity contribution < 1.29 is 17.6 Å². The van der Waals surface area contributed by atoms with Crippen LogP contribution >= 0.6 is 0 Å². The molecule has 1 aliphatic carbocycles. The number of sulfonamides is 1. The van der Waals surface area contributed by atoms with Crippen molar-refractivity contribution in [2.24, 2.45) is 5.92 Å². The SMILES string of the molecule is O=C(CC1CCCCC1)N1CCN(S(=O)(=O)c2cccc(F)c2)CC1. The van der Waals surface area contributed by atoms with Crippen molar-refractivity contribution >= 4 is 15.9 Å². The van der Waals surface area contributed by atoms with Crippen LogP contribution in [-0.4, -0.2) is 49.7 Å². The second-order valence-corrected chi connectivity index (χ2v) is 8.89. The lowest BCUT2D eigenvalue weighted by Crippen LogP contribution is -2.50. The Morgan fingerprint density at radius 2 is 1.76 bits per heavy atom. The van der Waals surface area contributed by atoms with Crippen LogP contribution in [0.15, 0.2) is 29.2 Å². The summed E-state index contributed by atoms with van der Waals surface area (Å²) in [6, 6.07) is 5.06. The summed E-state index contributed by atoms with van der Waals surface area (Å²) in [4.78, 5) is 14.2. The number of halogens is 1. The topological polar surface area (TPSA) is 57.7 Å². The van der Waals surface area contributed by atoms with Gasteiger partial charge in [-0.05, 0) is 37.0 Å². The van der Waals surface area contributed by atoms with Gasteiger partial charge >= 0.3 is 0 Å². The molecule has 0 radical (unpaired) electrons. The first-order chi connectivity index (χ1) is 12.0. The first-order valence-electron chi connectivity index (χ1n) is 9.00. The lowest BCUT2D eigenvalue weighted by atomic mass is 9.86. The summed E-state index contributed by atoms with van der Waals surface area (Å²) in [6.07, 6.45) is 6.51. The van der Waals surface area contributed by atoms with Crippen LogP contribution in [0.2, 0.25) is 0 Å². The Morgan fingerprint density at radius 1 is 1.08 bits per heavy atom. The number of rotatable bonds is 4. The monoisotopic (exact) mass is 368 g/mol. The molecule has 0 aromatic heterocycles. The van der Waals surface area contributed by atoms with E-state index < -0.39 is 15.8 Å². The molecule has 2 aliphatic rings. The van der Waals surface area contributed by atoms with E-state index >= 15 is 0 Å². The Labute approximate surface area is 148 Å². The van der Waals surface area contributed by atoms with Crippen LogP contribution in [0.5, 0.6) is 0 Å². The molecule has 0 spiro atoms. The van der Waals surface area contributed by atoms with Crippen molar-refractivity contribution in [2.75, 3.05) is 26.2 Å². The molecule has 1 aromatic carbocycles. The van der Waals surface area contributed by atoms with Gasteiger partial charge in [0.05, 0.1) is 4.90 Å². The van der Waals surface area contributed by atoms with Crippen LogP contribution in [0.25, 0.3) is 0 Å². The van der Waals surface area contributed by atoms with E-state index in [0.717, 1.165) is 18.9 Å². The van der Waals surface area contributed by atoms with Crippen molar-refractivity contribution in [1.82, 2.24) is 9.21 Å². The maximum atomic E-state index is 13.3. The lowest BCUT2D eigenvalue weighted by Gasteiger charge is -2.35. The normalized spacial score (nSPS) is 20.6. The minimum Gasteiger partial charge on any atom is -0.340 e. The average Bonchev–Trinajstić information content (AvgIpc) is 2.62. The van der Waals surface area contributed by atoms with Gasteiger partial charge in [-0.15, -0.1) is 0 Å². The van der Waals surface area contributed by atoms with E-state index in [9.17, 15) is 17.6 Å². The van der Waals surface area contributed by atoms with Crippen molar-refractivity contribution in [2.45, 2.75) is 43.4 Å². The van der Waals surface area contributed by atoms with E-state index in [-0.39, 0.29) is 23.9 Å². The molecular formula is C18H25FN2O3S. The zero-order valence-corrected chi connectivity index (χ0v) is 15.2. The zero-order chi connectivity index (χ0) is 17.9. The number of carbonyl (C=O) groups is 1. The molecule has 25 heavy (non-hydrogen) atoms. The number of hydrogen-bond donors (Lipinski definition) is 0. The van der Waals surface area contributed by atoms with E-state index in [1.165, 1.54) is 41.8 Å². The second kappa shape index (κ2) is 7.83. The minimum atomic E-state index is -3.71. The maximum Gasteiger partial charge on any atom is 0.243 e. The van der Waals surface area contributed by atoms with Gasteiger partial charge in [0.2, 0.25) is 15.9 Å². The van der Waals surface area contributed by atoms with Crippen LogP contribution in [0, 0.1) is 11.7 Å². The Bertz CT molecular complexity index is 709. The minimum absolute atomic E-state index is 0.0329. The molecule has 5 nitrogen and oxygen atoms in total. The fourth-order valence-corrected chi connectivity index (χ4v) is 5.18. The molecule has 0 bridgehead atoms. The van der Waals surface area contributed by atoms with Crippen molar-refractivity contribution in [3.8, 4) is 0 Å². The Morgan fingerprint density at radius 3 is 2.40 bits per heavy atom. The summed E-state index contributed by atoms with van der Waals surface area (Å²) in [5, 5.41) is 0. The van der Waals surface area contributed by atoms with E-state index in [4.69, 9.17) is 0 Å². The summed E-state index contributed by atoms with van der Waals surface area (Å²) in [7, 11) is -3.71. The van der Waals surface area contributed by atoms with Gasteiger partial charge in [0.15, 0.2) is 0 Å². The first-order valence-corrected chi connectivity index (χ1v) is 10.4.